The molecule has 2 N–H and O–H groups in total. The van der Waals surface area contributed by atoms with Crippen molar-refractivity contribution < 1.29 is 8.42 Å². The smallest absolute Gasteiger partial charge is 0.182 e. The van der Waals surface area contributed by atoms with Gasteiger partial charge in [-0.15, -0.1) is 0 Å². The van der Waals surface area contributed by atoms with Gasteiger partial charge in [0.05, 0.1) is 6.54 Å². The molecule has 0 aromatic carbocycles. The van der Waals surface area contributed by atoms with E-state index in [1.165, 1.54) is 6.26 Å². The van der Waals surface area contributed by atoms with Gasteiger partial charge in [-0.1, -0.05) is 6.92 Å². The largest absolute Gasteiger partial charge is 0.383 e. The predicted molar refractivity (Wildman–Crippen MR) is 81.9 cm³/mol. The lowest BCUT2D eigenvalue weighted by Crippen LogP contribution is -2.21. The van der Waals surface area contributed by atoms with Crippen molar-refractivity contribution in [2.24, 2.45) is 0 Å². The highest BCUT2D eigenvalue weighted by Gasteiger charge is 2.26. The number of anilines is 2. The summed E-state index contributed by atoms with van der Waals surface area (Å²) in [5.74, 6) is 0.651. The summed E-state index contributed by atoms with van der Waals surface area (Å²) < 4.78 is 25.5. The zero-order valence-corrected chi connectivity index (χ0v) is 13.7. The van der Waals surface area contributed by atoms with Gasteiger partial charge in [0.1, 0.15) is 5.82 Å². The third-order valence-corrected chi connectivity index (χ3v) is 4.11. The molecule has 0 unspecified atom stereocenters. The van der Waals surface area contributed by atoms with Crippen molar-refractivity contribution in [2.45, 2.75) is 24.8 Å². The topological polar surface area (TPSA) is 84.5 Å². The summed E-state index contributed by atoms with van der Waals surface area (Å²) in [6, 6.07) is 0. The molecule has 0 saturated carbocycles. The number of aromatic nitrogens is 2. The zero-order chi connectivity index (χ0) is 15.5. The fourth-order valence-electron chi connectivity index (χ4n) is 1.96. The number of hydrogen-bond donors (Lipinski definition) is 1. The maximum atomic E-state index is 12.0. The molecule has 0 radical (unpaired) electrons. The number of nitrogen functional groups attached to an aromatic ring is 1. The fraction of sp³-hybridized carbons (Fsp3) is 0.750. The average molecular weight is 303 g/mol. The summed E-state index contributed by atoms with van der Waals surface area (Å²) in [6.07, 6.45) is 2.07. The standard InChI is InChI=1S/C12H25N5O2S/c1-6-7-16(4)12-10(20(5,18)19)11(13)17(14-12)9-8-15(2)3/h6-9,13H2,1-5H3. The number of rotatable bonds is 7. The minimum atomic E-state index is -3.41. The Hall–Kier alpha value is -1.28. The van der Waals surface area contributed by atoms with Crippen molar-refractivity contribution in [3.8, 4) is 0 Å². The molecule has 0 atom stereocenters. The van der Waals surface area contributed by atoms with Crippen molar-refractivity contribution >= 4 is 21.5 Å². The van der Waals surface area contributed by atoms with E-state index in [2.05, 4.69) is 5.10 Å². The number of nitrogens with two attached hydrogens (primary N) is 1. The number of hydrogen-bond acceptors (Lipinski definition) is 6. The van der Waals surface area contributed by atoms with Gasteiger partial charge in [0, 0.05) is 26.4 Å². The molecule has 1 aromatic heterocycles. The van der Waals surface area contributed by atoms with Gasteiger partial charge in [-0.2, -0.15) is 5.10 Å². The van der Waals surface area contributed by atoms with Crippen LogP contribution in [0.2, 0.25) is 0 Å². The van der Waals surface area contributed by atoms with Crippen molar-refractivity contribution in [3.05, 3.63) is 0 Å². The van der Waals surface area contributed by atoms with E-state index in [1.807, 2.05) is 37.9 Å². The number of nitrogens with zero attached hydrogens (tertiary/aromatic N) is 4. The molecule has 7 nitrogen and oxygen atoms in total. The van der Waals surface area contributed by atoms with Crippen LogP contribution < -0.4 is 10.6 Å². The van der Waals surface area contributed by atoms with Crippen LogP contribution in [0.1, 0.15) is 13.3 Å². The second-order valence-electron chi connectivity index (χ2n) is 5.26. The van der Waals surface area contributed by atoms with E-state index in [0.717, 1.165) is 19.5 Å². The highest BCUT2D eigenvalue weighted by molar-refractivity contribution is 7.91. The molecule has 8 heteroatoms. The van der Waals surface area contributed by atoms with Crippen molar-refractivity contribution in [1.29, 1.82) is 0 Å². The van der Waals surface area contributed by atoms with E-state index < -0.39 is 9.84 Å². The molecule has 1 heterocycles. The van der Waals surface area contributed by atoms with Gasteiger partial charge in [0.15, 0.2) is 20.6 Å². The molecular weight excluding hydrogens is 278 g/mol. The van der Waals surface area contributed by atoms with E-state index >= 15 is 0 Å². The Morgan fingerprint density at radius 1 is 1.25 bits per heavy atom. The van der Waals surface area contributed by atoms with Crippen LogP contribution >= 0.6 is 0 Å². The SMILES string of the molecule is CCCN(C)c1nn(CCN(C)C)c(N)c1S(C)(=O)=O. The summed E-state index contributed by atoms with van der Waals surface area (Å²) in [7, 11) is 2.31. The first-order valence-electron chi connectivity index (χ1n) is 6.60. The van der Waals surface area contributed by atoms with Crippen LogP contribution in [0.3, 0.4) is 0 Å². The van der Waals surface area contributed by atoms with Crippen LogP contribution in [0.15, 0.2) is 4.90 Å². The first-order chi connectivity index (χ1) is 9.18. The van der Waals surface area contributed by atoms with Crippen LogP contribution in [-0.2, 0) is 16.4 Å². The predicted octanol–water partition coefficient (Wildman–Crippen LogP) is 0.277. The Balaban J connectivity index is 3.24. The average Bonchev–Trinajstić information content (AvgIpc) is 2.63. The maximum Gasteiger partial charge on any atom is 0.182 e. The molecule has 0 spiro atoms. The molecule has 1 aromatic rings. The molecular formula is C12H25N5O2S. The molecule has 116 valence electrons. The lowest BCUT2D eigenvalue weighted by atomic mass is 10.4. The van der Waals surface area contributed by atoms with E-state index in [-0.39, 0.29) is 10.7 Å². The quantitative estimate of drug-likeness (QED) is 0.778. The Labute approximate surface area is 121 Å². The Kier molecular flexibility index (Phi) is 5.41. The van der Waals surface area contributed by atoms with Crippen molar-refractivity contribution in [3.63, 3.8) is 0 Å². The van der Waals surface area contributed by atoms with E-state index in [4.69, 9.17) is 5.73 Å². The molecule has 20 heavy (non-hydrogen) atoms. The van der Waals surface area contributed by atoms with Gasteiger partial charge in [0.25, 0.3) is 0 Å². The third-order valence-electron chi connectivity index (χ3n) is 2.98. The van der Waals surface area contributed by atoms with Crippen LogP contribution in [0, 0.1) is 0 Å². The second-order valence-corrected chi connectivity index (χ2v) is 7.21. The highest BCUT2D eigenvalue weighted by atomic mass is 32.2. The van der Waals surface area contributed by atoms with Crippen LogP contribution in [0.5, 0.6) is 0 Å². The van der Waals surface area contributed by atoms with E-state index in [0.29, 0.717) is 12.4 Å². The van der Waals surface area contributed by atoms with Crippen LogP contribution in [0.25, 0.3) is 0 Å². The van der Waals surface area contributed by atoms with Crippen LogP contribution in [0.4, 0.5) is 11.6 Å². The summed E-state index contributed by atoms with van der Waals surface area (Å²) in [5, 5.41) is 4.38. The summed E-state index contributed by atoms with van der Waals surface area (Å²) in [4.78, 5) is 3.96. The Bertz CT molecular complexity index is 550. The lowest BCUT2D eigenvalue weighted by Gasteiger charge is -2.16. The molecule has 1 rings (SSSR count). The van der Waals surface area contributed by atoms with E-state index in [1.54, 1.807) is 4.68 Å². The number of sulfone groups is 1. The van der Waals surface area contributed by atoms with E-state index in [9.17, 15) is 8.42 Å². The lowest BCUT2D eigenvalue weighted by molar-refractivity contribution is 0.375. The maximum absolute atomic E-state index is 12.0. The monoisotopic (exact) mass is 303 g/mol. The molecule has 0 bridgehead atoms. The van der Waals surface area contributed by atoms with Gasteiger partial charge in [0.2, 0.25) is 0 Å². The minimum absolute atomic E-state index is 0.132. The molecule has 0 saturated heterocycles. The fourth-order valence-corrected chi connectivity index (χ4v) is 2.97. The molecule has 0 aliphatic heterocycles. The zero-order valence-electron chi connectivity index (χ0n) is 12.9. The summed E-state index contributed by atoms with van der Waals surface area (Å²) in [5.41, 5.74) is 5.99. The Morgan fingerprint density at radius 3 is 2.30 bits per heavy atom. The van der Waals surface area contributed by atoms with Gasteiger partial charge >= 0.3 is 0 Å². The minimum Gasteiger partial charge on any atom is -0.383 e. The van der Waals surface area contributed by atoms with Gasteiger partial charge in [-0.3, -0.25) is 0 Å². The van der Waals surface area contributed by atoms with Crippen molar-refractivity contribution in [1.82, 2.24) is 14.7 Å². The van der Waals surface area contributed by atoms with Gasteiger partial charge in [-0.25, -0.2) is 13.1 Å². The first-order valence-corrected chi connectivity index (χ1v) is 8.49. The molecule has 0 aliphatic carbocycles. The van der Waals surface area contributed by atoms with Gasteiger partial charge < -0.3 is 15.5 Å². The molecule has 0 aliphatic rings. The van der Waals surface area contributed by atoms with Crippen LogP contribution in [-0.4, -0.2) is 63.6 Å². The summed E-state index contributed by atoms with van der Waals surface area (Å²) in [6.45, 7) is 4.06. The molecule has 0 amide bonds. The number of likely N-dealkylation sites (N-methyl/N-ethyl adjacent to an activating group) is 1. The second kappa shape index (κ2) is 6.45. The summed E-state index contributed by atoms with van der Waals surface area (Å²) >= 11 is 0. The third kappa shape index (κ3) is 3.86. The Morgan fingerprint density at radius 2 is 1.85 bits per heavy atom. The first kappa shape index (κ1) is 16.8. The molecule has 0 fully saturated rings. The van der Waals surface area contributed by atoms with Crippen molar-refractivity contribution in [2.75, 3.05) is 51.1 Å². The highest BCUT2D eigenvalue weighted by Crippen LogP contribution is 2.29. The normalized spacial score (nSPS) is 12.1. The van der Waals surface area contributed by atoms with Gasteiger partial charge in [-0.05, 0) is 20.5 Å².